The van der Waals surface area contributed by atoms with E-state index in [0.29, 0.717) is 0 Å². The third-order valence-electron chi connectivity index (χ3n) is 2.51. The van der Waals surface area contributed by atoms with Crippen LogP contribution in [-0.2, 0) is 12.8 Å². The number of halogens is 1. The number of H-pyrrole nitrogens is 1. The predicted octanol–water partition coefficient (Wildman–Crippen LogP) is 3.11. The van der Waals surface area contributed by atoms with Crippen molar-refractivity contribution in [2.75, 3.05) is 0 Å². The largest absolute Gasteiger partial charge is 0.349 e. The number of hydrogen-bond acceptors (Lipinski definition) is 1. The summed E-state index contributed by atoms with van der Waals surface area (Å²) in [6.45, 7) is 2.10. The van der Waals surface area contributed by atoms with Crippen molar-refractivity contribution in [3.63, 3.8) is 0 Å². The average Bonchev–Trinajstić information content (AvgIpc) is 2.70. The Hall–Kier alpha value is -1.28. The van der Waals surface area contributed by atoms with E-state index in [2.05, 4.69) is 41.2 Å². The molecule has 2 aromatic rings. The molecule has 0 radical (unpaired) electrons. The maximum Gasteiger partial charge on any atom is 0.107 e. The number of benzene rings is 1. The van der Waals surface area contributed by atoms with E-state index in [1.54, 1.807) is 6.20 Å². The molecule has 2 nitrogen and oxygen atoms in total. The van der Waals surface area contributed by atoms with Crippen LogP contribution in [0.2, 0.25) is 0 Å². The lowest BCUT2D eigenvalue weighted by Crippen LogP contribution is -2.08. The van der Waals surface area contributed by atoms with Gasteiger partial charge in [-0.3, -0.25) is 0 Å². The summed E-state index contributed by atoms with van der Waals surface area (Å²) >= 11 is 6.30. The van der Waals surface area contributed by atoms with Crippen molar-refractivity contribution < 1.29 is 0 Å². The molecule has 0 aliphatic carbocycles. The molecule has 0 fully saturated rings. The molecule has 0 aliphatic heterocycles. The van der Waals surface area contributed by atoms with E-state index in [1.807, 2.05) is 6.20 Å². The fourth-order valence-electron chi connectivity index (χ4n) is 1.79. The normalized spacial score (nSPS) is 12.6. The Bertz CT molecular complexity index is 437. The van der Waals surface area contributed by atoms with Gasteiger partial charge in [0.2, 0.25) is 0 Å². The van der Waals surface area contributed by atoms with Crippen LogP contribution < -0.4 is 0 Å². The Kier molecular flexibility index (Phi) is 3.62. The monoisotopic (exact) mass is 234 g/mol. The van der Waals surface area contributed by atoms with Gasteiger partial charge in [-0.05, 0) is 18.9 Å². The van der Waals surface area contributed by atoms with Gasteiger partial charge in [0.15, 0.2) is 0 Å². The summed E-state index contributed by atoms with van der Waals surface area (Å²) in [6.07, 6.45) is 5.24. The lowest BCUT2D eigenvalue weighted by Gasteiger charge is -2.08. The first-order valence-corrected chi connectivity index (χ1v) is 5.85. The van der Waals surface area contributed by atoms with Gasteiger partial charge in [0.05, 0.1) is 0 Å². The van der Waals surface area contributed by atoms with E-state index in [1.165, 1.54) is 11.1 Å². The number of aromatic nitrogens is 2. The van der Waals surface area contributed by atoms with Crippen LogP contribution in [0.5, 0.6) is 0 Å². The Balaban J connectivity index is 1.94. The van der Waals surface area contributed by atoms with Crippen molar-refractivity contribution in [2.45, 2.75) is 25.1 Å². The second-order valence-electron chi connectivity index (χ2n) is 4.03. The number of rotatable bonds is 4. The van der Waals surface area contributed by atoms with Crippen LogP contribution in [0.4, 0.5) is 0 Å². The maximum atomic E-state index is 6.30. The first-order valence-electron chi connectivity index (χ1n) is 5.42. The molecule has 1 atom stereocenters. The lowest BCUT2D eigenvalue weighted by atomic mass is 10.1. The summed E-state index contributed by atoms with van der Waals surface area (Å²) < 4.78 is 0. The zero-order valence-electron chi connectivity index (χ0n) is 9.28. The first kappa shape index (κ1) is 11.2. The van der Waals surface area contributed by atoms with Gasteiger partial charge in [-0.15, -0.1) is 11.6 Å². The van der Waals surface area contributed by atoms with Gasteiger partial charge in [-0.2, -0.15) is 0 Å². The minimum Gasteiger partial charge on any atom is -0.349 e. The van der Waals surface area contributed by atoms with Gasteiger partial charge in [0.1, 0.15) is 5.82 Å². The molecule has 1 aromatic carbocycles. The minimum atomic E-state index is 0.0907. The van der Waals surface area contributed by atoms with Gasteiger partial charge >= 0.3 is 0 Å². The summed E-state index contributed by atoms with van der Waals surface area (Å²) in [5.41, 5.74) is 2.56. The van der Waals surface area contributed by atoms with Crippen LogP contribution in [0.25, 0.3) is 0 Å². The molecule has 2 rings (SSSR count). The van der Waals surface area contributed by atoms with Crippen LogP contribution in [-0.4, -0.2) is 15.3 Å². The average molecular weight is 235 g/mol. The molecule has 0 saturated carbocycles. The van der Waals surface area contributed by atoms with Crippen LogP contribution in [0.3, 0.4) is 0 Å². The number of aryl methyl sites for hydroxylation is 1. The van der Waals surface area contributed by atoms with Crippen molar-refractivity contribution >= 4 is 11.6 Å². The summed E-state index contributed by atoms with van der Waals surface area (Å²) in [7, 11) is 0. The first-order chi connectivity index (χ1) is 7.74. The molecule has 1 aromatic heterocycles. The topological polar surface area (TPSA) is 28.7 Å². The lowest BCUT2D eigenvalue weighted by molar-refractivity contribution is 0.792. The third kappa shape index (κ3) is 3.11. The summed E-state index contributed by atoms with van der Waals surface area (Å²) in [6, 6.07) is 8.46. The molecule has 1 heterocycles. The molecule has 16 heavy (non-hydrogen) atoms. The van der Waals surface area contributed by atoms with Gasteiger partial charge in [0, 0.05) is 24.2 Å². The molecule has 3 heteroatoms. The zero-order valence-corrected chi connectivity index (χ0v) is 10.0. The molecule has 0 saturated heterocycles. The fourth-order valence-corrected chi connectivity index (χ4v) is 2.11. The van der Waals surface area contributed by atoms with Crippen molar-refractivity contribution in [3.8, 4) is 0 Å². The molecular formula is C13H15ClN2. The highest BCUT2D eigenvalue weighted by molar-refractivity contribution is 6.20. The molecule has 1 unspecified atom stereocenters. The highest BCUT2D eigenvalue weighted by Crippen LogP contribution is 2.13. The van der Waals surface area contributed by atoms with Crippen LogP contribution in [0, 0.1) is 6.92 Å². The van der Waals surface area contributed by atoms with Gasteiger partial charge in [0.25, 0.3) is 0 Å². The molecule has 0 bridgehead atoms. The quantitative estimate of drug-likeness (QED) is 0.810. The Morgan fingerprint density at radius 2 is 2.25 bits per heavy atom. The van der Waals surface area contributed by atoms with Crippen molar-refractivity contribution in [2.24, 2.45) is 0 Å². The summed E-state index contributed by atoms with van der Waals surface area (Å²) in [5.74, 6) is 0.952. The molecule has 84 valence electrons. The number of alkyl halides is 1. The number of nitrogens with one attached hydrogen (secondary N) is 1. The van der Waals surface area contributed by atoms with E-state index < -0.39 is 0 Å². The van der Waals surface area contributed by atoms with E-state index in [0.717, 1.165) is 18.7 Å². The third-order valence-corrected chi connectivity index (χ3v) is 2.82. The van der Waals surface area contributed by atoms with Gasteiger partial charge in [-0.1, -0.05) is 29.8 Å². The number of nitrogens with zero attached hydrogens (tertiary/aromatic N) is 1. The van der Waals surface area contributed by atoms with E-state index in [-0.39, 0.29) is 5.38 Å². The molecule has 1 N–H and O–H groups in total. The van der Waals surface area contributed by atoms with Crippen molar-refractivity contribution in [3.05, 3.63) is 53.6 Å². The Labute approximate surface area is 101 Å². The summed E-state index contributed by atoms with van der Waals surface area (Å²) in [5, 5.41) is 0.0907. The van der Waals surface area contributed by atoms with Crippen molar-refractivity contribution in [1.82, 2.24) is 9.97 Å². The fraction of sp³-hybridized carbons (Fsp3) is 0.308. The highest BCUT2D eigenvalue weighted by Gasteiger charge is 2.08. The molecule has 0 spiro atoms. The van der Waals surface area contributed by atoms with Gasteiger partial charge in [-0.25, -0.2) is 4.98 Å². The smallest absolute Gasteiger partial charge is 0.107 e. The molecule has 0 aliphatic rings. The minimum absolute atomic E-state index is 0.0907. The summed E-state index contributed by atoms with van der Waals surface area (Å²) in [4.78, 5) is 7.25. The van der Waals surface area contributed by atoms with E-state index in [4.69, 9.17) is 11.6 Å². The number of hydrogen-bond donors (Lipinski definition) is 1. The number of aromatic amines is 1. The second kappa shape index (κ2) is 5.17. The van der Waals surface area contributed by atoms with Crippen LogP contribution >= 0.6 is 11.6 Å². The van der Waals surface area contributed by atoms with Gasteiger partial charge < -0.3 is 4.98 Å². The van der Waals surface area contributed by atoms with E-state index in [9.17, 15) is 0 Å². The highest BCUT2D eigenvalue weighted by atomic mass is 35.5. The second-order valence-corrected chi connectivity index (χ2v) is 4.65. The SMILES string of the molecule is Cc1cccc(CC(Cl)Cc2ncc[nH]2)c1. The Morgan fingerprint density at radius 1 is 1.38 bits per heavy atom. The molecule has 0 amide bonds. The Morgan fingerprint density at radius 3 is 2.94 bits per heavy atom. The number of imidazole rings is 1. The van der Waals surface area contributed by atoms with E-state index >= 15 is 0 Å². The predicted molar refractivity (Wildman–Crippen MR) is 66.8 cm³/mol. The van der Waals surface area contributed by atoms with Crippen LogP contribution in [0.15, 0.2) is 36.7 Å². The van der Waals surface area contributed by atoms with Crippen molar-refractivity contribution in [1.29, 1.82) is 0 Å². The maximum absolute atomic E-state index is 6.30. The zero-order chi connectivity index (χ0) is 11.4. The molecular weight excluding hydrogens is 220 g/mol. The van der Waals surface area contributed by atoms with Crippen LogP contribution in [0.1, 0.15) is 17.0 Å². The standard InChI is InChI=1S/C13H15ClN2/c1-10-3-2-4-11(7-10)8-12(14)9-13-15-5-6-16-13/h2-7,12H,8-9H2,1H3,(H,15,16).